The number of rotatable bonds is 4. The summed E-state index contributed by atoms with van der Waals surface area (Å²) in [6, 6.07) is 18.1. The van der Waals surface area contributed by atoms with E-state index >= 15 is 0 Å². The highest BCUT2D eigenvalue weighted by Crippen LogP contribution is 2.24. The molecule has 25 heavy (non-hydrogen) atoms. The van der Waals surface area contributed by atoms with Crippen molar-refractivity contribution in [1.29, 1.82) is 0 Å². The van der Waals surface area contributed by atoms with Crippen molar-refractivity contribution in [2.24, 2.45) is 0 Å². The standard InChI is InChI=1S/C20H22N2O3/c23-15-20(21-18(24)16-7-3-1-4-8-16)11-13-22(14-12-20)19(25)17-9-5-2-6-10-17/h1-10,23H,11-15H2,(H,21,24). The number of carbonyl (C=O) groups excluding carboxylic acids is 2. The Morgan fingerprint density at radius 2 is 1.44 bits per heavy atom. The second kappa shape index (κ2) is 7.49. The van der Waals surface area contributed by atoms with Gasteiger partial charge in [0.25, 0.3) is 11.8 Å². The van der Waals surface area contributed by atoms with Crippen LogP contribution in [0.15, 0.2) is 60.7 Å². The monoisotopic (exact) mass is 338 g/mol. The molecule has 0 unspecified atom stereocenters. The van der Waals surface area contributed by atoms with Crippen molar-refractivity contribution >= 4 is 11.8 Å². The number of hydrogen-bond donors (Lipinski definition) is 2. The highest BCUT2D eigenvalue weighted by atomic mass is 16.3. The number of aliphatic hydroxyl groups is 1. The third-order valence-electron chi connectivity index (χ3n) is 4.75. The molecule has 1 heterocycles. The van der Waals surface area contributed by atoms with Crippen molar-refractivity contribution in [1.82, 2.24) is 10.2 Å². The summed E-state index contributed by atoms with van der Waals surface area (Å²) in [5.74, 6) is -0.209. The minimum Gasteiger partial charge on any atom is -0.394 e. The van der Waals surface area contributed by atoms with Gasteiger partial charge in [0.15, 0.2) is 0 Å². The van der Waals surface area contributed by atoms with Crippen LogP contribution in [0.1, 0.15) is 33.6 Å². The van der Waals surface area contributed by atoms with Crippen LogP contribution in [0.4, 0.5) is 0 Å². The first kappa shape index (κ1) is 17.2. The van der Waals surface area contributed by atoms with E-state index in [-0.39, 0.29) is 18.4 Å². The van der Waals surface area contributed by atoms with Gasteiger partial charge in [-0.15, -0.1) is 0 Å². The van der Waals surface area contributed by atoms with Crippen molar-refractivity contribution in [3.63, 3.8) is 0 Å². The normalized spacial score (nSPS) is 16.3. The zero-order valence-corrected chi connectivity index (χ0v) is 14.0. The molecule has 130 valence electrons. The lowest BCUT2D eigenvalue weighted by atomic mass is 9.87. The van der Waals surface area contributed by atoms with Gasteiger partial charge in [0.05, 0.1) is 12.1 Å². The van der Waals surface area contributed by atoms with Crippen molar-refractivity contribution < 1.29 is 14.7 Å². The van der Waals surface area contributed by atoms with Crippen molar-refractivity contribution in [2.45, 2.75) is 18.4 Å². The largest absolute Gasteiger partial charge is 0.394 e. The van der Waals surface area contributed by atoms with Crippen LogP contribution in [0, 0.1) is 0 Å². The zero-order valence-electron chi connectivity index (χ0n) is 14.0. The van der Waals surface area contributed by atoms with Gasteiger partial charge < -0.3 is 15.3 Å². The molecule has 2 aromatic carbocycles. The van der Waals surface area contributed by atoms with Crippen molar-refractivity contribution in [3.8, 4) is 0 Å². The number of nitrogens with zero attached hydrogens (tertiary/aromatic N) is 1. The summed E-state index contributed by atoms with van der Waals surface area (Å²) in [5, 5.41) is 12.8. The Morgan fingerprint density at radius 1 is 0.920 bits per heavy atom. The summed E-state index contributed by atoms with van der Waals surface area (Å²) >= 11 is 0. The fourth-order valence-corrected chi connectivity index (χ4v) is 3.13. The van der Waals surface area contributed by atoms with Crippen LogP contribution in [-0.4, -0.2) is 47.1 Å². The molecule has 0 radical (unpaired) electrons. The molecule has 2 aromatic rings. The van der Waals surface area contributed by atoms with E-state index in [9.17, 15) is 14.7 Å². The molecule has 5 heteroatoms. The van der Waals surface area contributed by atoms with Crippen LogP contribution >= 0.6 is 0 Å². The average Bonchev–Trinajstić information content (AvgIpc) is 2.69. The van der Waals surface area contributed by atoms with Crippen molar-refractivity contribution in [3.05, 3.63) is 71.8 Å². The number of aliphatic hydroxyl groups excluding tert-OH is 1. The topological polar surface area (TPSA) is 69.6 Å². The fourth-order valence-electron chi connectivity index (χ4n) is 3.13. The molecule has 2 amide bonds. The molecular weight excluding hydrogens is 316 g/mol. The molecule has 1 aliphatic heterocycles. The number of carbonyl (C=O) groups is 2. The number of hydrogen-bond acceptors (Lipinski definition) is 3. The maximum Gasteiger partial charge on any atom is 0.253 e. The number of benzene rings is 2. The Kier molecular flexibility index (Phi) is 5.14. The minimum absolute atomic E-state index is 0.0125. The highest BCUT2D eigenvalue weighted by molar-refractivity contribution is 5.95. The van der Waals surface area contributed by atoms with Gasteiger partial charge >= 0.3 is 0 Å². The molecule has 5 nitrogen and oxygen atoms in total. The van der Waals surface area contributed by atoms with Gasteiger partial charge in [0.1, 0.15) is 0 Å². The molecule has 0 bridgehead atoms. The lowest BCUT2D eigenvalue weighted by molar-refractivity contribution is 0.0500. The molecule has 0 saturated carbocycles. The van der Waals surface area contributed by atoms with Crippen LogP contribution in [0.2, 0.25) is 0 Å². The number of amides is 2. The predicted octanol–water partition coefficient (Wildman–Crippen LogP) is 2.08. The molecule has 1 aliphatic rings. The fraction of sp³-hybridized carbons (Fsp3) is 0.300. The quantitative estimate of drug-likeness (QED) is 0.897. The van der Waals surface area contributed by atoms with Crippen LogP contribution < -0.4 is 5.32 Å². The van der Waals surface area contributed by atoms with Crippen LogP contribution in [0.3, 0.4) is 0 Å². The summed E-state index contributed by atoms with van der Waals surface area (Å²) in [7, 11) is 0. The summed E-state index contributed by atoms with van der Waals surface area (Å²) < 4.78 is 0. The van der Waals surface area contributed by atoms with Gasteiger partial charge in [-0.3, -0.25) is 9.59 Å². The number of piperidine rings is 1. The van der Waals surface area contributed by atoms with E-state index in [0.717, 1.165) is 0 Å². The van der Waals surface area contributed by atoms with Crippen LogP contribution in [0.25, 0.3) is 0 Å². The predicted molar refractivity (Wildman–Crippen MR) is 95.3 cm³/mol. The SMILES string of the molecule is O=C(NC1(CO)CCN(C(=O)c2ccccc2)CC1)c1ccccc1. The lowest BCUT2D eigenvalue weighted by Gasteiger charge is -2.41. The minimum atomic E-state index is -0.680. The molecule has 0 aromatic heterocycles. The first-order valence-electron chi connectivity index (χ1n) is 8.46. The van der Waals surface area contributed by atoms with Gasteiger partial charge in [-0.2, -0.15) is 0 Å². The number of likely N-dealkylation sites (tertiary alicyclic amines) is 1. The van der Waals surface area contributed by atoms with Gasteiger partial charge in [-0.25, -0.2) is 0 Å². The molecule has 1 saturated heterocycles. The van der Waals surface area contributed by atoms with Crippen LogP contribution in [-0.2, 0) is 0 Å². The molecule has 2 N–H and O–H groups in total. The van der Waals surface area contributed by atoms with E-state index in [2.05, 4.69) is 5.32 Å². The molecule has 3 rings (SSSR count). The van der Waals surface area contributed by atoms with E-state index < -0.39 is 5.54 Å². The third kappa shape index (κ3) is 3.88. The summed E-state index contributed by atoms with van der Waals surface area (Å²) in [5.41, 5.74) is 0.547. The summed E-state index contributed by atoms with van der Waals surface area (Å²) in [6.45, 7) is 0.867. The molecule has 0 aliphatic carbocycles. The summed E-state index contributed by atoms with van der Waals surface area (Å²) in [4.78, 5) is 26.7. The third-order valence-corrected chi connectivity index (χ3v) is 4.75. The highest BCUT2D eigenvalue weighted by Gasteiger charge is 2.37. The average molecular weight is 338 g/mol. The maximum absolute atomic E-state index is 12.5. The molecular formula is C20H22N2O3. The Labute approximate surface area is 147 Å². The Bertz CT molecular complexity index is 723. The first-order valence-corrected chi connectivity index (χ1v) is 8.46. The van der Waals surface area contributed by atoms with Crippen molar-refractivity contribution in [2.75, 3.05) is 19.7 Å². The lowest BCUT2D eigenvalue weighted by Crippen LogP contribution is -2.58. The molecule has 1 fully saturated rings. The van der Waals surface area contributed by atoms with Gasteiger partial charge in [-0.1, -0.05) is 36.4 Å². The van der Waals surface area contributed by atoms with E-state index in [1.165, 1.54) is 0 Å². The van der Waals surface area contributed by atoms with Gasteiger partial charge in [-0.05, 0) is 37.1 Å². The second-order valence-corrected chi connectivity index (χ2v) is 6.42. The van der Waals surface area contributed by atoms with Crippen LogP contribution in [0.5, 0.6) is 0 Å². The Balaban J connectivity index is 1.64. The van der Waals surface area contributed by atoms with E-state index in [1.54, 1.807) is 29.2 Å². The van der Waals surface area contributed by atoms with E-state index in [4.69, 9.17) is 0 Å². The maximum atomic E-state index is 12.5. The Morgan fingerprint density at radius 3 is 1.96 bits per heavy atom. The number of nitrogens with one attached hydrogen (secondary N) is 1. The van der Waals surface area contributed by atoms with Gasteiger partial charge in [0, 0.05) is 24.2 Å². The van der Waals surface area contributed by atoms with E-state index in [0.29, 0.717) is 37.1 Å². The zero-order chi connectivity index (χ0) is 17.7. The Hall–Kier alpha value is -2.66. The van der Waals surface area contributed by atoms with E-state index in [1.807, 2.05) is 36.4 Å². The molecule has 0 atom stereocenters. The second-order valence-electron chi connectivity index (χ2n) is 6.42. The van der Waals surface area contributed by atoms with Gasteiger partial charge in [0.2, 0.25) is 0 Å². The first-order chi connectivity index (χ1) is 12.1. The molecule has 0 spiro atoms. The smallest absolute Gasteiger partial charge is 0.253 e. The summed E-state index contributed by atoms with van der Waals surface area (Å²) in [6.07, 6.45) is 1.06.